The van der Waals surface area contributed by atoms with Gasteiger partial charge in [0.25, 0.3) is 0 Å². The Kier molecular flexibility index (Phi) is 4.39. The lowest BCUT2D eigenvalue weighted by Crippen LogP contribution is -2.43. The van der Waals surface area contributed by atoms with Gasteiger partial charge in [-0.25, -0.2) is 0 Å². The lowest BCUT2D eigenvalue weighted by molar-refractivity contribution is 0.0866. The summed E-state index contributed by atoms with van der Waals surface area (Å²) in [6, 6.07) is 13.3. The quantitative estimate of drug-likeness (QED) is 0.814. The summed E-state index contributed by atoms with van der Waals surface area (Å²) in [6.07, 6.45) is 7.79. The summed E-state index contributed by atoms with van der Waals surface area (Å²) in [7, 11) is 1.68. The number of benzene rings is 1. The Labute approximate surface area is 143 Å². The van der Waals surface area contributed by atoms with Crippen molar-refractivity contribution in [2.45, 2.75) is 37.9 Å². The van der Waals surface area contributed by atoms with Gasteiger partial charge in [-0.15, -0.1) is 0 Å². The third-order valence-corrected chi connectivity index (χ3v) is 5.45. The van der Waals surface area contributed by atoms with Crippen LogP contribution < -0.4 is 9.47 Å². The molecule has 2 aliphatic rings. The van der Waals surface area contributed by atoms with Crippen LogP contribution in [0.1, 0.15) is 24.8 Å². The van der Waals surface area contributed by atoms with Crippen molar-refractivity contribution in [1.29, 1.82) is 0 Å². The Morgan fingerprint density at radius 3 is 2.71 bits per heavy atom. The summed E-state index contributed by atoms with van der Waals surface area (Å²) in [5.41, 5.74) is 1.29. The highest BCUT2D eigenvalue weighted by molar-refractivity contribution is 5.31. The second-order valence-corrected chi connectivity index (χ2v) is 6.81. The molecular weight excluding hydrogens is 300 g/mol. The van der Waals surface area contributed by atoms with Crippen molar-refractivity contribution in [3.8, 4) is 11.5 Å². The van der Waals surface area contributed by atoms with Gasteiger partial charge in [-0.05, 0) is 61.1 Å². The molecular formula is C20H24N2O2. The van der Waals surface area contributed by atoms with Gasteiger partial charge in [0.2, 0.25) is 0 Å². The van der Waals surface area contributed by atoms with E-state index >= 15 is 0 Å². The van der Waals surface area contributed by atoms with Gasteiger partial charge in [-0.1, -0.05) is 6.07 Å². The molecule has 4 rings (SSSR count). The van der Waals surface area contributed by atoms with Crippen LogP contribution >= 0.6 is 0 Å². The number of aromatic nitrogens is 1. The number of hydrogen-bond acceptors (Lipinski definition) is 4. The molecule has 4 nitrogen and oxygen atoms in total. The standard InChI is InChI=1S/C20H24N2O2/c1-23-18-6-8-19(9-7-18)24-14-20-16-4-5-17(11-16)22(20)13-15-3-2-10-21-12-15/h2-3,6-10,12,16-17,20H,4-5,11,13-14H2,1H3/t16?,17?,20-/m1/s1. The second kappa shape index (κ2) is 6.81. The van der Waals surface area contributed by atoms with Crippen molar-refractivity contribution >= 4 is 0 Å². The van der Waals surface area contributed by atoms with E-state index in [0.29, 0.717) is 12.1 Å². The van der Waals surface area contributed by atoms with Crippen LogP contribution in [0.4, 0.5) is 0 Å². The van der Waals surface area contributed by atoms with Gasteiger partial charge < -0.3 is 9.47 Å². The van der Waals surface area contributed by atoms with E-state index in [1.165, 1.54) is 24.8 Å². The maximum Gasteiger partial charge on any atom is 0.119 e. The fourth-order valence-electron chi connectivity index (χ4n) is 4.22. The third-order valence-electron chi connectivity index (χ3n) is 5.45. The van der Waals surface area contributed by atoms with E-state index in [0.717, 1.165) is 30.6 Å². The molecule has 2 heterocycles. The number of ether oxygens (including phenoxy) is 2. The van der Waals surface area contributed by atoms with Crippen LogP contribution in [0.2, 0.25) is 0 Å². The Balaban J connectivity index is 1.42. The van der Waals surface area contributed by atoms with E-state index in [1.54, 1.807) is 7.11 Å². The van der Waals surface area contributed by atoms with Crippen molar-refractivity contribution in [2.24, 2.45) is 5.92 Å². The fraction of sp³-hybridized carbons (Fsp3) is 0.450. The first-order valence-electron chi connectivity index (χ1n) is 8.75. The lowest BCUT2D eigenvalue weighted by atomic mass is 9.99. The van der Waals surface area contributed by atoms with Gasteiger partial charge in [0.15, 0.2) is 0 Å². The van der Waals surface area contributed by atoms with Crippen LogP contribution in [0.5, 0.6) is 11.5 Å². The summed E-state index contributed by atoms with van der Waals surface area (Å²) in [5.74, 6) is 2.55. The van der Waals surface area contributed by atoms with Crippen molar-refractivity contribution in [1.82, 2.24) is 9.88 Å². The van der Waals surface area contributed by atoms with Crippen LogP contribution in [0.3, 0.4) is 0 Å². The average Bonchev–Trinajstić information content (AvgIpc) is 3.23. The molecule has 2 unspecified atom stereocenters. The largest absolute Gasteiger partial charge is 0.497 e. The Morgan fingerprint density at radius 1 is 1.12 bits per heavy atom. The van der Waals surface area contributed by atoms with E-state index in [4.69, 9.17) is 9.47 Å². The minimum atomic E-state index is 0.506. The van der Waals surface area contributed by atoms with Gasteiger partial charge in [-0.3, -0.25) is 9.88 Å². The zero-order valence-corrected chi connectivity index (χ0v) is 14.1. The van der Waals surface area contributed by atoms with E-state index in [-0.39, 0.29) is 0 Å². The minimum Gasteiger partial charge on any atom is -0.497 e. The lowest BCUT2D eigenvalue weighted by Gasteiger charge is -2.35. The highest BCUT2D eigenvalue weighted by Crippen LogP contribution is 2.43. The van der Waals surface area contributed by atoms with Crippen molar-refractivity contribution in [3.63, 3.8) is 0 Å². The van der Waals surface area contributed by atoms with Crippen LogP contribution in [-0.2, 0) is 6.54 Å². The second-order valence-electron chi connectivity index (χ2n) is 6.81. The van der Waals surface area contributed by atoms with Crippen LogP contribution in [-0.4, -0.2) is 35.7 Å². The first-order chi connectivity index (χ1) is 11.8. The Hall–Kier alpha value is -2.07. The molecule has 0 N–H and O–H groups in total. The fourth-order valence-corrected chi connectivity index (χ4v) is 4.22. The molecule has 2 fully saturated rings. The minimum absolute atomic E-state index is 0.506. The smallest absolute Gasteiger partial charge is 0.119 e. The van der Waals surface area contributed by atoms with Crippen LogP contribution in [0, 0.1) is 5.92 Å². The molecule has 1 aromatic heterocycles. The molecule has 1 aliphatic heterocycles. The van der Waals surface area contributed by atoms with Crippen LogP contribution in [0.15, 0.2) is 48.8 Å². The number of rotatable bonds is 6. The van der Waals surface area contributed by atoms with Crippen molar-refractivity contribution in [2.75, 3.05) is 13.7 Å². The monoisotopic (exact) mass is 324 g/mol. The number of pyridine rings is 1. The molecule has 4 heteroatoms. The first-order valence-corrected chi connectivity index (χ1v) is 8.75. The number of piperidine rings is 1. The maximum atomic E-state index is 6.10. The maximum absolute atomic E-state index is 6.10. The summed E-state index contributed by atoms with van der Waals surface area (Å²) >= 11 is 0. The highest BCUT2D eigenvalue weighted by Gasteiger charge is 2.45. The summed E-state index contributed by atoms with van der Waals surface area (Å²) in [5, 5.41) is 0. The van der Waals surface area contributed by atoms with Gasteiger partial charge in [0, 0.05) is 31.0 Å². The van der Waals surface area contributed by atoms with E-state index in [1.807, 2.05) is 42.7 Å². The first kappa shape index (κ1) is 15.5. The van der Waals surface area contributed by atoms with E-state index in [2.05, 4.69) is 16.0 Å². The van der Waals surface area contributed by atoms with Gasteiger partial charge in [0.05, 0.1) is 7.11 Å². The molecule has 0 radical (unpaired) electrons. The van der Waals surface area contributed by atoms with E-state index < -0.39 is 0 Å². The Bertz CT molecular complexity index is 659. The highest BCUT2D eigenvalue weighted by atomic mass is 16.5. The van der Waals surface area contributed by atoms with Crippen molar-refractivity contribution in [3.05, 3.63) is 54.4 Å². The Morgan fingerprint density at radius 2 is 1.96 bits per heavy atom. The average molecular weight is 324 g/mol. The normalized spacial score (nSPS) is 25.8. The number of likely N-dealkylation sites (tertiary alicyclic amines) is 1. The molecule has 24 heavy (non-hydrogen) atoms. The van der Waals surface area contributed by atoms with Gasteiger partial charge >= 0.3 is 0 Å². The number of fused-ring (bicyclic) bond motifs is 2. The molecule has 2 aromatic rings. The molecule has 0 amide bonds. The molecule has 126 valence electrons. The molecule has 1 aromatic carbocycles. The van der Waals surface area contributed by atoms with Gasteiger partial charge in [0.1, 0.15) is 18.1 Å². The van der Waals surface area contributed by atoms with Crippen molar-refractivity contribution < 1.29 is 9.47 Å². The molecule has 1 saturated heterocycles. The van der Waals surface area contributed by atoms with Gasteiger partial charge in [-0.2, -0.15) is 0 Å². The number of hydrogen-bond donors (Lipinski definition) is 0. The number of methoxy groups -OCH3 is 1. The third kappa shape index (κ3) is 3.11. The summed E-state index contributed by atoms with van der Waals surface area (Å²) in [6.45, 7) is 1.74. The SMILES string of the molecule is COc1ccc(OC[C@@H]2C3CCC(C3)N2Cc2cccnc2)cc1. The zero-order valence-electron chi connectivity index (χ0n) is 14.1. The number of nitrogens with zero attached hydrogens (tertiary/aromatic N) is 2. The molecule has 0 spiro atoms. The molecule has 2 bridgehead atoms. The van der Waals surface area contributed by atoms with E-state index in [9.17, 15) is 0 Å². The van der Waals surface area contributed by atoms with Crippen LogP contribution in [0.25, 0.3) is 0 Å². The molecule has 3 atom stereocenters. The molecule has 1 aliphatic carbocycles. The predicted molar refractivity (Wildman–Crippen MR) is 93.2 cm³/mol. The zero-order chi connectivity index (χ0) is 16.4. The molecule has 1 saturated carbocycles. The summed E-state index contributed by atoms with van der Waals surface area (Å²) in [4.78, 5) is 6.89. The topological polar surface area (TPSA) is 34.6 Å². The predicted octanol–water partition coefficient (Wildman–Crippen LogP) is 3.52. The summed E-state index contributed by atoms with van der Waals surface area (Å²) < 4.78 is 11.3.